The molecule has 4 nitrogen and oxygen atoms in total. The Hall–Kier alpha value is -3.79. The molecule has 0 aliphatic heterocycles. The Morgan fingerprint density at radius 1 is 0.769 bits per heavy atom. The lowest BCUT2D eigenvalue weighted by Gasteiger charge is -2.18. The molecule has 4 aromatic rings. The Balaban J connectivity index is 1.41. The van der Waals surface area contributed by atoms with Gasteiger partial charge in [0.2, 0.25) is 0 Å². The second-order valence-electron chi connectivity index (χ2n) is 10.1. The smallest absolute Gasteiger partial charge is 0.347 e. The molecule has 0 saturated heterocycles. The number of nitrogens with zero attached hydrogens (tertiary/aromatic N) is 1. The topological polar surface area (TPSA) is 40.5 Å². The molecule has 0 radical (unpaired) electrons. The Kier molecular flexibility index (Phi) is 10.4. The van der Waals surface area contributed by atoms with Gasteiger partial charge in [-0.3, -0.25) is 0 Å². The van der Waals surface area contributed by atoms with E-state index in [1.54, 1.807) is 0 Å². The van der Waals surface area contributed by atoms with Crippen LogP contribution < -0.4 is 4.74 Å². The number of benzene rings is 3. The summed E-state index contributed by atoms with van der Waals surface area (Å²) in [7, 11) is 0. The minimum absolute atomic E-state index is 0.325. The van der Waals surface area contributed by atoms with E-state index in [0.717, 1.165) is 24.1 Å². The van der Waals surface area contributed by atoms with Crippen LogP contribution in [0.2, 0.25) is 0 Å². The molecule has 0 N–H and O–H groups in total. The molecule has 204 valence electrons. The van der Waals surface area contributed by atoms with Crippen LogP contribution >= 0.6 is 0 Å². The molecule has 1 aromatic heterocycles. The van der Waals surface area contributed by atoms with Crippen molar-refractivity contribution in [2.75, 3.05) is 6.61 Å². The van der Waals surface area contributed by atoms with E-state index in [2.05, 4.69) is 66.9 Å². The van der Waals surface area contributed by atoms with Crippen molar-refractivity contribution in [3.63, 3.8) is 0 Å². The van der Waals surface area contributed by atoms with Gasteiger partial charge >= 0.3 is 5.97 Å². The number of esters is 1. The number of rotatable bonds is 14. The zero-order valence-electron chi connectivity index (χ0n) is 23.6. The van der Waals surface area contributed by atoms with E-state index in [9.17, 15) is 4.79 Å². The van der Waals surface area contributed by atoms with Gasteiger partial charge in [0.1, 0.15) is 5.75 Å². The first kappa shape index (κ1) is 28.2. The molecule has 4 heteroatoms. The number of hydrogen-bond acceptors (Lipinski definition) is 3. The van der Waals surface area contributed by atoms with Crippen molar-refractivity contribution in [2.24, 2.45) is 0 Å². The Morgan fingerprint density at radius 3 is 2.13 bits per heavy atom. The summed E-state index contributed by atoms with van der Waals surface area (Å²) in [6.07, 6.45) is 5.74. The molecule has 1 atom stereocenters. The molecule has 0 unspecified atom stereocenters. The number of aryl methyl sites for hydroxylation is 3. The highest BCUT2D eigenvalue weighted by Crippen LogP contribution is 2.26. The van der Waals surface area contributed by atoms with Gasteiger partial charge in [-0.1, -0.05) is 74.4 Å². The number of hydrogen-bond donors (Lipinski definition) is 0. The monoisotopic (exact) mass is 523 g/mol. The molecule has 3 aromatic carbocycles. The van der Waals surface area contributed by atoms with Crippen molar-refractivity contribution in [3.05, 3.63) is 113 Å². The quantitative estimate of drug-likeness (QED) is 0.124. The van der Waals surface area contributed by atoms with Crippen LogP contribution in [0.3, 0.4) is 0 Å². The Labute approximate surface area is 233 Å². The van der Waals surface area contributed by atoms with Crippen LogP contribution in [0.1, 0.15) is 55.5 Å². The largest absolute Gasteiger partial charge is 0.478 e. The standard InChI is InChI=1S/C35H41NO3/c1-4-6-8-11-28-15-17-29(18-16-28)24-25-36-27(3)14-23-33(36)31-19-21-32(22-20-31)39-34(35(37)38-5-2)26-30-12-9-7-10-13-30/h7,9-10,12-23,34H,4-6,8,11,24-26H2,1-3H3/t34-/m1/s1. The summed E-state index contributed by atoms with van der Waals surface area (Å²) >= 11 is 0. The number of carbonyl (C=O) groups is 1. The lowest BCUT2D eigenvalue weighted by molar-refractivity contribution is -0.151. The van der Waals surface area contributed by atoms with Crippen molar-refractivity contribution >= 4 is 5.97 Å². The lowest BCUT2D eigenvalue weighted by Crippen LogP contribution is -2.31. The van der Waals surface area contributed by atoms with E-state index in [1.165, 1.54) is 48.2 Å². The molecule has 0 aliphatic carbocycles. The highest BCUT2D eigenvalue weighted by atomic mass is 16.6. The maximum absolute atomic E-state index is 12.6. The third kappa shape index (κ3) is 8.10. The van der Waals surface area contributed by atoms with Crippen molar-refractivity contribution in [3.8, 4) is 17.0 Å². The second kappa shape index (κ2) is 14.4. The third-order valence-corrected chi connectivity index (χ3v) is 7.16. The fourth-order valence-electron chi connectivity index (χ4n) is 4.92. The minimum Gasteiger partial charge on any atom is -0.478 e. The van der Waals surface area contributed by atoms with Crippen LogP contribution in [-0.4, -0.2) is 23.2 Å². The van der Waals surface area contributed by atoms with Gasteiger partial charge in [-0.2, -0.15) is 0 Å². The van der Waals surface area contributed by atoms with E-state index in [1.807, 2.05) is 49.4 Å². The first-order valence-corrected chi connectivity index (χ1v) is 14.3. The summed E-state index contributed by atoms with van der Waals surface area (Å²) in [5, 5.41) is 0. The van der Waals surface area contributed by atoms with E-state index in [0.29, 0.717) is 18.8 Å². The van der Waals surface area contributed by atoms with Gasteiger partial charge in [-0.25, -0.2) is 4.79 Å². The lowest BCUT2D eigenvalue weighted by atomic mass is 10.0. The van der Waals surface area contributed by atoms with E-state index in [4.69, 9.17) is 9.47 Å². The summed E-state index contributed by atoms with van der Waals surface area (Å²) in [5.41, 5.74) is 7.37. The zero-order valence-corrected chi connectivity index (χ0v) is 23.6. The third-order valence-electron chi connectivity index (χ3n) is 7.16. The molecule has 0 fully saturated rings. The molecule has 1 heterocycles. The van der Waals surface area contributed by atoms with Gasteiger partial charge < -0.3 is 14.0 Å². The van der Waals surface area contributed by atoms with Crippen LogP contribution in [-0.2, 0) is 35.3 Å². The average molecular weight is 524 g/mol. The van der Waals surface area contributed by atoms with Crippen molar-refractivity contribution in [1.82, 2.24) is 4.57 Å². The van der Waals surface area contributed by atoms with Crippen LogP contribution in [0.5, 0.6) is 5.75 Å². The van der Waals surface area contributed by atoms with Gasteiger partial charge in [-0.15, -0.1) is 0 Å². The van der Waals surface area contributed by atoms with Crippen molar-refractivity contribution in [1.29, 1.82) is 0 Å². The normalized spacial score (nSPS) is 11.8. The summed E-state index contributed by atoms with van der Waals surface area (Å²) in [6, 6.07) is 31.4. The maximum atomic E-state index is 12.6. The summed E-state index contributed by atoms with van der Waals surface area (Å²) in [5.74, 6) is 0.311. The highest BCUT2D eigenvalue weighted by molar-refractivity contribution is 5.75. The molecule has 4 rings (SSSR count). The van der Waals surface area contributed by atoms with E-state index >= 15 is 0 Å². The number of unbranched alkanes of at least 4 members (excludes halogenated alkanes) is 2. The molecule has 0 bridgehead atoms. The molecular weight excluding hydrogens is 482 g/mol. The number of ether oxygens (including phenoxy) is 2. The van der Waals surface area contributed by atoms with Gasteiger partial charge in [-0.05, 0) is 91.8 Å². The second-order valence-corrected chi connectivity index (χ2v) is 10.1. The van der Waals surface area contributed by atoms with Crippen molar-refractivity contribution in [2.45, 2.75) is 71.9 Å². The molecular formula is C35H41NO3. The fourth-order valence-corrected chi connectivity index (χ4v) is 4.92. The summed E-state index contributed by atoms with van der Waals surface area (Å²) in [4.78, 5) is 12.6. The molecule has 0 aliphatic rings. The van der Waals surface area contributed by atoms with Crippen LogP contribution in [0, 0.1) is 6.92 Å². The Morgan fingerprint density at radius 2 is 1.46 bits per heavy atom. The number of carbonyl (C=O) groups excluding carboxylic acids is 1. The average Bonchev–Trinajstić information content (AvgIpc) is 3.33. The first-order valence-electron chi connectivity index (χ1n) is 14.3. The first-order chi connectivity index (χ1) is 19.1. The SMILES string of the molecule is CCCCCc1ccc(CCn2c(C)ccc2-c2ccc(O[C@H](Cc3ccccc3)C(=O)OCC)cc2)cc1. The van der Waals surface area contributed by atoms with Crippen LogP contribution in [0.25, 0.3) is 11.3 Å². The van der Waals surface area contributed by atoms with Crippen LogP contribution in [0.15, 0.2) is 91.0 Å². The van der Waals surface area contributed by atoms with Gasteiger partial charge in [0, 0.05) is 24.4 Å². The zero-order chi connectivity index (χ0) is 27.5. The highest BCUT2D eigenvalue weighted by Gasteiger charge is 2.22. The van der Waals surface area contributed by atoms with E-state index < -0.39 is 6.10 Å². The summed E-state index contributed by atoms with van der Waals surface area (Å²) in [6.45, 7) is 7.46. The maximum Gasteiger partial charge on any atom is 0.347 e. The predicted octanol–water partition coefficient (Wildman–Crippen LogP) is 7.99. The molecule has 0 saturated carbocycles. The van der Waals surface area contributed by atoms with Gasteiger partial charge in [0.25, 0.3) is 0 Å². The van der Waals surface area contributed by atoms with Gasteiger partial charge in [0.05, 0.1) is 6.61 Å². The summed E-state index contributed by atoms with van der Waals surface area (Å²) < 4.78 is 13.8. The fraction of sp³-hybridized carbons (Fsp3) is 0.343. The molecule has 39 heavy (non-hydrogen) atoms. The molecule has 0 spiro atoms. The number of aromatic nitrogens is 1. The molecule has 0 amide bonds. The minimum atomic E-state index is -0.692. The predicted molar refractivity (Wildman–Crippen MR) is 159 cm³/mol. The van der Waals surface area contributed by atoms with Gasteiger partial charge in [0.15, 0.2) is 6.10 Å². The van der Waals surface area contributed by atoms with Crippen molar-refractivity contribution < 1.29 is 14.3 Å². The van der Waals surface area contributed by atoms with E-state index in [-0.39, 0.29) is 5.97 Å². The Bertz CT molecular complexity index is 1290. The van der Waals surface area contributed by atoms with Crippen LogP contribution in [0.4, 0.5) is 0 Å².